The molecule has 1 aliphatic heterocycles. The molecular formula is C11H16IN3O. The third-order valence-corrected chi connectivity index (χ3v) is 3.72. The quantitative estimate of drug-likeness (QED) is 0.737. The van der Waals surface area contributed by atoms with E-state index in [0.717, 1.165) is 23.1 Å². The lowest BCUT2D eigenvalue weighted by atomic mass is 10.0. The fourth-order valence-corrected chi connectivity index (χ4v) is 2.87. The zero-order chi connectivity index (χ0) is 11.7. The van der Waals surface area contributed by atoms with Gasteiger partial charge in [-0.25, -0.2) is 0 Å². The second-order valence-corrected chi connectivity index (χ2v) is 5.66. The van der Waals surface area contributed by atoms with Crippen LogP contribution in [-0.2, 0) is 7.05 Å². The number of hydrogen-bond acceptors (Lipinski definition) is 2. The molecule has 2 heterocycles. The van der Waals surface area contributed by atoms with Crippen LogP contribution in [0.3, 0.4) is 0 Å². The normalized spacial score (nSPS) is 21.2. The Morgan fingerprint density at radius 2 is 2.38 bits per heavy atom. The number of nitrogens with zero attached hydrogens (tertiary/aromatic N) is 3. The Balaban J connectivity index is 2.15. The van der Waals surface area contributed by atoms with Crippen molar-refractivity contribution in [2.24, 2.45) is 13.0 Å². The van der Waals surface area contributed by atoms with Crippen LogP contribution in [0.5, 0.6) is 0 Å². The summed E-state index contributed by atoms with van der Waals surface area (Å²) >= 11 is 2.17. The molecule has 0 aromatic carbocycles. The molecule has 0 aliphatic carbocycles. The van der Waals surface area contributed by atoms with Gasteiger partial charge in [-0.2, -0.15) is 5.10 Å². The van der Waals surface area contributed by atoms with Crippen LogP contribution in [0.2, 0.25) is 0 Å². The van der Waals surface area contributed by atoms with E-state index < -0.39 is 0 Å². The molecule has 1 aromatic rings. The lowest BCUT2D eigenvalue weighted by Gasteiger charge is -2.30. The molecule has 16 heavy (non-hydrogen) atoms. The highest BCUT2D eigenvalue weighted by Gasteiger charge is 2.25. The molecule has 4 nitrogen and oxygen atoms in total. The van der Waals surface area contributed by atoms with Gasteiger partial charge in [0, 0.05) is 26.3 Å². The molecule has 0 radical (unpaired) electrons. The SMILES string of the molecule is C[C@H]1CCCN(C(=O)c2nn(C)cc2I)C1. The van der Waals surface area contributed by atoms with E-state index in [9.17, 15) is 4.79 Å². The Labute approximate surface area is 109 Å². The molecule has 0 spiro atoms. The first kappa shape index (κ1) is 11.9. The Kier molecular flexibility index (Phi) is 3.51. The van der Waals surface area contributed by atoms with E-state index in [4.69, 9.17) is 0 Å². The molecule has 5 heteroatoms. The number of halogens is 1. The monoisotopic (exact) mass is 333 g/mol. The number of likely N-dealkylation sites (tertiary alicyclic amines) is 1. The molecule has 2 rings (SSSR count). The second-order valence-electron chi connectivity index (χ2n) is 4.50. The van der Waals surface area contributed by atoms with E-state index in [1.807, 2.05) is 18.1 Å². The van der Waals surface area contributed by atoms with Crippen molar-refractivity contribution in [1.82, 2.24) is 14.7 Å². The first-order valence-corrected chi connectivity index (χ1v) is 6.64. The molecule has 1 aliphatic rings. The average molecular weight is 333 g/mol. The highest BCUT2D eigenvalue weighted by molar-refractivity contribution is 14.1. The van der Waals surface area contributed by atoms with Gasteiger partial charge in [0.25, 0.3) is 5.91 Å². The maximum Gasteiger partial charge on any atom is 0.275 e. The Bertz CT molecular complexity index is 402. The largest absolute Gasteiger partial charge is 0.337 e. The van der Waals surface area contributed by atoms with Crippen LogP contribution in [0, 0.1) is 9.49 Å². The summed E-state index contributed by atoms with van der Waals surface area (Å²) in [5.41, 5.74) is 0.595. The minimum absolute atomic E-state index is 0.0801. The Morgan fingerprint density at radius 1 is 1.62 bits per heavy atom. The topological polar surface area (TPSA) is 38.1 Å². The van der Waals surface area contributed by atoms with E-state index >= 15 is 0 Å². The number of aryl methyl sites for hydroxylation is 1. The number of carbonyl (C=O) groups is 1. The predicted molar refractivity (Wildman–Crippen MR) is 70.2 cm³/mol. The summed E-state index contributed by atoms with van der Waals surface area (Å²) in [4.78, 5) is 14.2. The molecule has 0 unspecified atom stereocenters. The number of carbonyl (C=O) groups excluding carboxylic acids is 1. The number of piperidine rings is 1. The Hall–Kier alpha value is -0.590. The molecule has 1 amide bonds. The zero-order valence-electron chi connectivity index (χ0n) is 9.61. The van der Waals surface area contributed by atoms with Gasteiger partial charge in [0.1, 0.15) is 0 Å². The van der Waals surface area contributed by atoms with E-state index in [2.05, 4.69) is 34.6 Å². The highest BCUT2D eigenvalue weighted by Crippen LogP contribution is 2.19. The van der Waals surface area contributed by atoms with Gasteiger partial charge in [-0.1, -0.05) is 6.92 Å². The second kappa shape index (κ2) is 4.73. The predicted octanol–water partition coefficient (Wildman–Crippen LogP) is 1.90. The van der Waals surface area contributed by atoms with Crippen molar-refractivity contribution < 1.29 is 4.79 Å². The van der Waals surface area contributed by atoms with Crippen LogP contribution < -0.4 is 0 Å². The molecule has 1 aromatic heterocycles. The third kappa shape index (κ3) is 2.39. The van der Waals surface area contributed by atoms with Crippen molar-refractivity contribution in [3.63, 3.8) is 0 Å². The minimum atomic E-state index is 0.0801. The summed E-state index contributed by atoms with van der Waals surface area (Å²) < 4.78 is 2.63. The lowest BCUT2D eigenvalue weighted by Crippen LogP contribution is -2.39. The molecule has 88 valence electrons. The van der Waals surface area contributed by atoms with Gasteiger partial charge >= 0.3 is 0 Å². The number of amides is 1. The summed E-state index contributed by atoms with van der Waals surface area (Å²) in [5, 5.41) is 4.23. The van der Waals surface area contributed by atoms with E-state index in [0.29, 0.717) is 11.6 Å². The third-order valence-electron chi connectivity index (χ3n) is 2.93. The van der Waals surface area contributed by atoms with Crippen LogP contribution in [-0.4, -0.2) is 33.7 Å². The number of hydrogen-bond donors (Lipinski definition) is 0. The van der Waals surface area contributed by atoms with Gasteiger partial charge in [-0.05, 0) is 41.4 Å². The van der Waals surface area contributed by atoms with Gasteiger partial charge in [0.15, 0.2) is 5.69 Å². The summed E-state index contributed by atoms with van der Waals surface area (Å²) in [7, 11) is 1.85. The first-order valence-electron chi connectivity index (χ1n) is 5.56. The smallest absolute Gasteiger partial charge is 0.275 e. The van der Waals surface area contributed by atoms with Crippen molar-refractivity contribution in [1.29, 1.82) is 0 Å². The van der Waals surface area contributed by atoms with E-state index in [1.54, 1.807) is 4.68 Å². The van der Waals surface area contributed by atoms with Crippen LogP contribution >= 0.6 is 22.6 Å². The van der Waals surface area contributed by atoms with Gasteiger partial charge in [-0.15, -0.1) is 0 Å². The van der Waals surface area contributed by atoms with E-state index in [1.165, 1.54) is 6.42 Å². The molecule has 0 N–H and O–H groups in total. The fraction of sp³-hybridized carbons (Fsp3) is 0.636. The van der Waals surface area contributed by atoms with E-state index in [-0.39, 0.29) is 5.91 Å². The maximum atomic E-state index is 12.2. The van der Waals surface area contributed by atoms with Gasteiger partial charge in [0.05, 0.1) is 3.57 Å². The molecule has 1 fully saturated rings. The van der Waals surface area contributed by atoms with Crippen molar-refractivity contribution in [2.75, 3.05) is 13.1 Å². The standard InChI is InChI=1S/C11H16IN3O/c1-8-4-3-5-15(6-8)11(16)10-9(12)7-14(2)13-10/h7-8H,3-6H2,1-2H3/t8-/m0/s1. The molecule has 0 saturated carbocycles. The van der Waals surface area contributed by atoms with Gasteiger partial charge in [-0.3, -0.25) is 9.48 Å². The van der Waals surface area contributed by atoms with Crippen molar-refractivity contribution >= 4 is 28.5 Å². The molecule has 1 atom stereocenters. The number of aromatic nitrogens is 2. The van der Waals surface area contributed by atoms with Crippen molar-refractivity contribution in [3.8, 4) is 0 Å². The fourth-order valence-electron chi connectivity index (χ4n) is 2.13. The Morgan fingerprint density at radius 3 is 2.94 bits per heavy atom. The number of rotatable bonds is 1. The highest BCUT2D eigenvalue weighted by atomic mass is 127. The van der Waals surface area contributed by atoms with Crippen LogP contribution in [0.1, 0.15) is 30.3 Å². The summed E-state index contributed by atoms with van der Waals surface area (Å²) in [5.74, 6) is 0.690. The molecule has 1 saturated heterocycles. The van der Waals surface area contributed by atoms with Crippen molar-refractivity contribution in [2.45, 2.75) is 19.8 Å². The first-order chi connectivity index (χ1) is 7.58. The van der Waals surface area contributed by atoms with Crippen LogP contribution in [0.25, 0.3) is 0 Å². The van der Waals surface area contributed by atoms with Gasteiger partial charge < -0.3 is 4.90 Å². The minimum Gasteiger partial charge on any atom is -0.337 e. The van der Waals surface area contributed by atoms with Gasteiger partial charge in [0.2, 0.25) is 0 Å². The lowest BCUT2D eigenvalue weighted by molar-refractivity contribution is 0.0675. The zero-order valence-corrected chi connectivity index (χ0v) is 11.8. The van der Waals surface area contributed by atoms with Crippen LogP contribution in [0.4, 0.5) is 0 Å². The summed E-state index contributed by atoms with van der Waals surface area (Å²) in [6.07, 6.45) is 4.21. The van der Waals surface area contributed by atoms with Crippen LogP contribution in [0.15, 0.2) is 6.20 Å². The summed E-state index contributed by atoms with van der Waals surface area (Å²) in [6, 6.07) is 0. The average Bonchev–Trinajstić information content (AvgIpc) is 2.57. The molecule has 0 bridgehead atoms. The van der Waals surface area contributed by atoms with Crippen molar-refractivity contribution in [3.05, 3.63) is 15.5 Å². The summed E-state index contributed by atoms with van der Waals surface area (Å²) in [6.45, 7) is 3.93. The maximum absolute atomic E-state index is 12.2. The molecular weight excluding hydrogens is 317 g/mol.